The van der Waals surface area contributed by atoms with E-state index in [2.05, 4.69) is 6.07 Å². The van der Waals surface area contributed by atoms with Crippen LogP contribution in [0, 0.1) is 0 Å². The Labute approximate surface area is 81.9 Å². The summed E-state index contributed by atoms with van der Waals surface area (Å²) in [5.74, 6) is -0.755. The van der Waals surface area contributed by atoms with E-state index in [0.29, 0.717) is 11.7 Å². The van der Waals surface area contributed by atoms with Crippen LogP contribution in [0.3, 0.4) is 0 Å². The van der Waals surface area contributed by atoms with Crippen molar-refractivity contribution in [1.29, 1.82) is 0 Å². The maximum atomic E-state index is 9.38. The molecule has 1 aromatic carbocycles. The van der Waals surface area contributed by atoms with Gasteiger partial charge in [-0.05, 0) is 30.4 Å². The topological polar surface area (TPSA) is 49.7 Å². The summed E-state index contributed by atoms with van der Waals surface area (Å²) < 4.78 is 5.02. The van der Waals surface area contributed by atoms with Crippen LogP contribution in [0.15, 0.2) is 18.2 Å². The van der Waals surface area contributed by atoms with E-state index in [-0.39, 0.29) is 6.42 Å². The molecule has 14 heavy (non-hydrogen) atoms. The third kappa shape index (κ3) is 1.21. The number of hydrogen-bond donors (Lipinski definition) is 2. The number of ether oxygens (including phenoxy) is 1. The Hall–Kier alpha value is -1.06. The van der Waals surface area contributed by atoms with Crippen molar-refractivity contribution in [2.45, 2.75) is 31.2 Å². The second-order valence-corrected chi connectivity index (χ2v) is 4.12. The SMILES string of the molecule is OC1(O)Cc2c(cccc2C2CC2)O1. The van der Waals surface area contributed by atoms with Gasteiger partial charge in [0.2, 0.25) is 0 Å². The molecule has 2 aliphatic rings. The van der Waals surface area contributed by atoms with Crippen molar-refractivity contribution in [3.05, 3.63) is 29.3 Å². The smallest absolute Gasteiger partial charge is 0.326 e. The average molecular weight is 192 g/mol. The number of benzene rings is 1. The van der Waals surface area contributed by atoms with E-state index in [1.54, 1.807) is 6.07 Å². The minimum Gasteiger partial charge on any atom is -0.439 e. The Bertz CT molecular complexity index is 380. The summed E-state index contributed by atoms with van der Waals surface area (Å²) in [6.45, 7) is 0. The maximum Gasteiger partial charge on any atom is 0.326 e. The highest BCUT2D eigenvalue weighted by molar-refractivity contribution is 5.46. The highest BCUT2D eigenvalue weighted by Gasteiger charge is 2.39. The molecule has 1 fully saturated rings. The Morgan fingerprint density at radius 1 is 1.29 bits per heavy atom. The molecule has 0 unspecified atom stereocenters. The van der Waals surface area contributed by atoms with Crippen molar-refractivity contribution in [3.8, 4) is 5.75 Å². The van der Waals surface area contributed by atoms with Crippen LogP contribution in [-0.2, 0) is 6.42 Å². The normalized spacial score (nSPS) is 23.0. The summed E-state index contributed by atoms with van der Waals surface area (Å²) in [5, 5.41) is 18.8. The minimum absolute atomic E-state index is 0.189. The fraction of sp³-hybridized carbons (Fsp3) is 0.455. The van der Waals surface area contributed by atoms with Crippen LogP contribution in [0.1, 0.15) is 29.9 Å². The summed E-state index contributed by atoms with van der Waals surface area (Å²) >= 11 is 0. The molecule has 74 valence electrons. The van der Waals surface area contributed by atoms with E-state index in [1.807, 2.05) is 6.07 Å². The molecular weight excluding hydrogens is 180 g/mol. The second-order valence-electron chi connectivity index (χ2n) is 4.12. The maximum absolute atomic E-state index is 9.38. The van der Waals surface area contributed by atoms with Gasteiger partial charge in [-0.2, -0.15) is 0 Å². The van der Waals surface area contributed by atoms with Gasteiger partial charge in [-0.1, -0.05) is 12.1 Å². The molecule has 0 saturated heterocycles. The van der Waals surface area contributed by atoms with Crippen molar-refractivity contribution in [2.24, 2.45) is 0 Å². The molecule has 0 aromatic heterocycles. The van der Waals surface area contributed by atoms with E-state index in [1.165, 1.54) is 18.4 Å². The first-order valence-electron chi connectivity index (χ1n) is 4.91. The Morgan fingerprint density at radius 2 is 2.07 bits per heavy atom. The molecule has 3 rings (SSSR count). The minimum atomic E-state index is -1.99. The van der Waals surface area contributed by atoms with Crippen LogP contribution in [-0.4, -0.2) is 16.2 Å². The molecule has 1 aromatic rings. The van der Waals surface area contributed by atoms with Gasteiger partial charge < -0.3 is 14.9 Å². The monoisotopic (exact) mass is 192 g/mol. The van der Waals surface area contributed by atoms with Crippen LogP contribution in [0.5, 0.6) is 5.75 Å². The van der Waals surface area contributed by atoms with Crippen LogP contribution >= 0.6 is 0 Å². The Morgan fingerprint density at radius 3 is 2.79 bits per heavy atom. The molecule has 1 saturated carbocycles. The standard InChI is InChI=1S/C11H12O3/c12-11(13)6-9-8(7-4-5-7)2-1-3-10(9)14-11/h1-3,7,12-13H,4-6H2. The molecule has 0 spiro atoms. The van der Waals surface area contributed by atoms with Crippen LogP contribution in [0.25, 0.3) is 0 Å². The molecule has 1 heterocycles. The van der Waals surface area contributed by atoms with E-state index in [0.717, 1.165) is 5.56 Å². The zero-order chi connectivity index (χ0) is 9.76. The molecule has 0 atom stereocenters. The van der Waals surface area contributed by atoms with Crippen molar-refractivity contribution in [2.75, 3.05) is 0 Å². The molecule has 2 N–H and O–H groups in total. The van der Waals surface area contributed by atoms with Gasteiger partial charge in [0.05, 0.1) is 6.42 Å². The molecule has 0 radical (unpaired) electrons. The van der Waals surface area contributed by atoms with Gasteiger partial charge in [-0.15, -0.1) is 0 Å². The highest BCUT2D eigenvalue weighted by atomic mass is 16.8. The predicted molar refractivity (Wildman–Crippen MR) is 49.9 cm³/mol. The summed E-state index contributed by atoms with van der Waals surface area (Å²) in [4.78, 5) is 0. The van der Waals surface area contributed by atoms with Crippen LogP contribution < -0.4 is 4.74 Å². The second kappa shape index (κ2) is 2.49. The highest BCUT2D eigenvalue weighted by Crippen LogP contribution is 2.46. The van der Waals surface area contributed by atoms with E-state index < -0.39 is 5.97 Å². The molecule has 3 nitrogen and oxygen atoms in total. The lowest BCUT2D eigenvalue weighted by atomic mass is 10.0. The summed E-state index contributed by atoms with van der Waals surface area (Å²) in [6.07, 6.45) is 2.61. The number of rotatable bonds is 1. The third-order valence-electron chi connectivity index (χ3n) is 2.87. The Kier molecular flexibility index (Phi) is 1.47. The van der Waals surface area contributed by atoms with E-state index in [4.69, 9.17) is 4.74 Å². The molecular formula is C11H12O3. The third-order valence-corrected chi connectivity index (χ3v) is 2.87. The zero-order valence-electron chi connectivity index (χ0n) is 7.73. The number of aliphatic hydroxyl groups is 2. The zero-order valence-corrected chi connectivity index (χ0v) is 7.73. The van der Waals surface area contributed by atoms with Gasteiger partial charge >= 0.3 is 5.97 Å². The van der Waals surface area contributed by atoms with Crippen molar-refractivity contribution in [3.63, 3.8) is 0 Å². The van der Waals surface area contributed by atoms with Crippen molar-refractivity contribution >= 4 is 0 Å². The van der Waals surface area contributed by atoms with Gasteiger partial charge in [0.15, 0.2) is 0 Å². The lowest BCUT2D eigenvalue weighted by Gasteiger charge is -2.12. The Balaban J connectivity index is 2.06. The van der Waals surface area contributed by atoms with Crippen molar-refractivity contribution < 1.29 is 14.9 Å². The first-order chi connectivity index (χ1) is 6.66. The number of fused-ring (bicyclic) bond motifs is 1. The van der Waals surface area contributed by atoms with Gasteiger partial charge in [-0.3, -0.25) is 0 Å². The summed E-state index contributed by atoms with van der Waals surface area (Å²) in [6, 6.07) is 5.75. The summed E-state index contributed by atoms with van der Waals surface area (Å²) in [7, 11) is 0. The van der Waals surface area contributed by atoms with Gasteiger partial charge in [0, 0.05) is 5.56 Å². The average Bonchev–Trinajstić information content (AvgIpc) is 2.86. The summed E-state index contributed by atoms with van der Waals surface area (Å²) in [5.41, 5.74) is 2.20. The van der Waals surface area contributed by atoms with E-state index >= 15 is 0 Å². The fourth-order valence-corrected chi connectivity index (χ4v) is 2.09. The molecule has 0 amide bonds. The van der Waals surface area contributed by atoms with E-state index in [9.17, 15) is 10.2 Å². The lowest BCUT2D eigenvalue weighted by molar-refractivity contribution is -0.279. The molecule has 1 aliphatic heterocycles. The fourth-order valence-electron chi connectivity index (χ4n) is 2.09. The first-order valence-corrected chi connectivity index (χ1v) is 4.91. The van der Waals surface area contributed by atoms with Crippen molar-refractivity contribution in [1.82, 2.24) is 0 Å². The van der Waals surface area contributed by atoms with Gasteiger partial charge in [-0.25, -0.2) is 0 Å². The van der Waals surface area contributed by atoms with Crippen LogP contribution in [0.2, 0.25) is 0 Å². The molecule has 0 bridgehead atoms. The number of hydrogen-bond acceptors (Lipinski definition) is 3. The largest absolute Gasteiger partial charge is 0.439 e. The first kappa shape index (κ1) is 8.26. The quantitative estimate of drug-likeness (QED) is 0.656. The van der Waals surface area contributed by atoms with Gasteiger partial charge in [0.1, 0.15) is 5.75 Å². The van der Waals surface area contributed by atoms with Gasteiger partial charge in [0.25, 0.3) is 0 Å². The predicted octanol–water partition coefficient (Wildman–Crippen LogP) is 1.14. The lowest BCUT2D eigenvalue weighted by Crippen LogP contribution is -2.32. The van der Waals surface area contributed by atoms with Crippen LogP contribution in [0.4, 0.5) is 0 Å². The molecule has 3 heteroatoms. The molecule has 1 aliphatic carbocycles.